The van der Waals surface area contributed by atoms with Gasteiger partial charge in [-0.3, -0.25) is 4.79 Å². The Morgan fingerprint density at radius 1 is 1.50 bits per heavy atom. The molecule has 6 heteroatoms. The van der Waals surface area contributed by atoms with Gasteiger partial charge in [-0.1, -0.05) is 0 Å². The van der Waals surface area contributed by atoms with Crippen LogP contribution in [0.3, 0.4) is 0 Å². The summed E-state index contributed by atoms with van der Waals surface area (Å²) >= 11 is 5.77. The highest BCUT2D eigenvalue weighted by atomic mass is 35.5. The van der Waals surface area contributed by atoms with Crippen LogP contribution in [-0.2, 0) is 14.6 Å². The van der Waals surface area contributed by atoms with Crippen molar-refractivity contribution in [1.29, 1.82) is 0 Å². The average molecular weight is 268 g/mol. The summed E-state index contributed by atoms with van der Waals surface area (Å²) in [4.78, 5) is 13.8. The summed E-state index contributed by atoms with van der Waals surface area (Å²) in [5.74, 6) is 0.0316. The first kappa shape index (κ1) is 13.8. The second-order valence-electron chi connectivity index (χ2n) is 4.73. The highest BCUT2D eigenvalue weighted by Crippen LogP contribution is 2.25. The molecule has 1 aliphatic rings. The standard InChI is InChI=1S/C10H18ClNO3S/c1-10(2,16(3,14)15)9(13)12-6-4-5-8(12)7-11/h8H,4-7H2,1-3H3. The molecule has 1 atom stereocenters. The normalized spacial score (nSPS) is 22.5. The van der Waals surface area contributed by atoms with Crippen LogP contribution in [0.15, 0.2) is 0 Å². The summed E-state index contributed by atoms with van der Waals surface area (Å²) < 4.78 is 21.8. The van der Waals surface area contributed by atoms with Gasteiger partial charge in [0.05, 0.1) is 0 Å². The fourth-order valence-electron chi connectivity index (χ4n) is 1.77. The number of halogens is 1. The number of hydrogen-bond acceptors (Lipinski definition) is 3. The van der Waals surface area contributed by atoms with Crippen LogP contribution in [0.2, 0.25) is 0 Å². The Kier molecular flexibility index (Phi) is 3.90. The summed E-state index contributed by atoms with van der Waals surface area (Å²) in [5.41, 5.74) is 0. The Hall–Kier alpha value is -0.290. The van der Waals surface area contributed by atoms with E-state index in [4.69, 9.17) is 11.6 Å². The molecule has 1 aliphatic heterocycles. The van der Waals surface area contributed by atoms with Crippen molar-refractivity contribution >= 4 is 27.3 Å². The van der Waals surface area contributed by atoms with Crippen LogP contribution in [0, 0.1) is 0 Å². The highest BCUT2D eigenvalue weighted by Gasteiger charge is 2.44. The summed E-state index contributed by atoms with van der Waals surface area (Å²) in [6.07, 6.45) is 2.84. The number of carbonyl (C=O) groups excluding carboxylic acids is 1. The lowest BCUT2D eigenvalue weighted by molar-refractivity contribution is -0.133. The van der Waals surface area contributed by atoms with E-state index in [1.807, 2.05) is 0 Å². The zero-order valence-electron chi connectivity index (χ0n) is 9.86. The Bertz CT molecular complexity index is 378. The summed E-state index contributed by atoms with van der Waals surface area (Å²) in [7, 11) is -3.40. The van der Waals surface area contributed by atoms with Crippen molar-refractivity contribution in [3.8, 4) is 0 Å². The molecule has 94 valence electrons. The maximum absolute atomic E-state index is 12.2. The zero-order valence-corrected chi connectivity index (χ0v) is 11.4. The van der Waals surface area contributed by atoms with E-state index in [1.165, 1.54) is 13.8 Å². The van der Waals surface area contributed by atoms with Crippen molar-refractivity contribution in [2.24, 2.45) is 0 Å². The molecule has 1 unspecified atom stereocenters. The Morgan fingerprint density at radius 3 is 2.50 bits per heavy atom. The number of rotatable bonds is 3. The molecule has 4 nitrogen and oxygen atoms in total. The smallest absolute Gasteiger partial charge is 0.243 e. The fourth-order valence-corrected chi connectivity index (χ4v) is 2.52. The quantitative estimate of drug-likeness (QED) is 0.718. The third-order valence-electron chi connectivity index (χ3n) is 3.26. The summed E-state index contributed by atoms with van der Waals surface area (Å²) in [6.45, 7) is 3.51. The lowest BCUT2D eigenvalue weighted by atomic mass is 10.1. The first-order chi connectivity index (χ1) is 7.21. The maximum atomic E-state index is 12.2. The molecule has 0 aromatic rings. The maximum Gasteiger partial charge on any atom is 0.243 e. The Morgan fingerprint density at radius 2 is 2.06 bits per heavy atom. The van der Waals surface area contributed by atoms with E-state index >= 15 is 0 Å². The molecule has 1 amide bonds. The summed E-state index contributed by atoms with van der Waals surface area (Å²) in [5, 5.41) is 0. The lowest BCUT2D eigenvalue weighted by Gasteiger charge is -2.31. The van der Waals surface area contributed by atoms with Crippen molar-refractivity contribution in [3.05, 3.63) is 0 Å². The number of hydrogen-bond donors (Lipinski definition) is 0. The van der Waals surface area contributed by atoms with Gasteiger partial charge in [-0.05, 0) is 26.7 Å². The van der Waals surface area contributed by atoms with E-state index in [9.17, 15) is 13.2 Å². The predicted octanol–water partition coefficient (Wildman–Crippen LogP) is 1.04. The topological polar surface area (TPSA) is 54.5 Å². The number of sulfone groups is 1. The predicted molar refractivity (Wildman–Crippen MR) is 64.4 cm³/mol. The van der Waals surface area contributed by atoms with Gasteiger partial charge in [0.1, 0.15) is 4.75 Å². The highest BCUT2D eigenvalue weighted by molar-refractivity contribution is 7.92. The molecule has 0 radical (unpaired) electrons. The molecule has 0 aromatic carbocycles. The molecule has 1 fully saturated rings. The van der Waals surface area contributed by atoms with Crippen LogP contribution in [-0.4, -0.2) is 48.7 Å². The van der Waals surface area contributed by atoms with Crippen LogP contribution in [0.25, 0.3) is 0 Å². The average Bonchev–Trinajstić information content (AvgIpc) is 2.62. The Balaban J connectivity index is 2.94. The molecule has 0 aliphatic carbocycles. The second-order valence-corrected chi connectivity index (χ2v) is 7.60. The van der Waals surface area contributed by atoms with Crippen LogP contribution in [0.4, 0.5) is 0 Å². The molecule has 0 bridgehead atoms. The first-order valence-corrected chi connectivity index (χ1v) is 7.71. The third kappa shape index (κ3) is 2.35. The molecule has 1 heterocycles. The van der Waals surface area contributed by atoms with E-state index in [0.29, 0.717) is 12.4 Å². The van der Waals surface area contributed by atoms with Gasteiger partial charge in [0.25, 0.3) is 0 Å². The van der Waals surface area contributed by atoms with Gasteiger partial charge in [-0.25, -0.2) is 8.42 Å². The first-order valence-electron chi connectivity index (χ1n) is 5.28. The number of likely N-dealkylation sites (tertiary alicyclic amines) is 1. The van der Waals surface area contributed by atoms with E-state index < -0.39 is 14.6 Å². The molecule has 0 N–H and O–H groups in total. The molecule has 0 spiro atoms. The van der Waals surface area contributed by atoms with Crippen LogP contribution >= 0.6 is 11.6 Å². The number of nitrogens with zero attached hydrogens (tertiary/aromatic N) is 1. The third-order valence-corrected chi connectivity index (χ3v) is 5.64. The minimum absolute atomic E-state index is 0.0183. The minimum Gasteiger partial charge on any atom is -0.337 e. The van der Waals surface area contributed by atoms with E-state index in [-0.39, 0.29) is 11.9 Å². The molecule has 1 saturated heterocycles. The van der Waals surface area contributed by atoms with Gasteiger partial charge in [0.15, 0.2) is 9.84 Å². The zero-order chi connectivity index (χ0) is 12.6. The van der Waals surface area contributed by atoms with Gasteiger partial charge >= 0.3 is 0 Å². The fraction of sp³-hybridized carbons (Fsp3) is 0.900. The van der Waals surface area contributed by atoms with E-state index in [1.54, 1.807) is 4.90 Å². The molecule has 0 aromatic heterocycles. The van der Waals surface area contributed by atoms with Crippen molar-refractivity contribution in [3.63, 3.8) is 0 Å². The molecular weight excluding hydrogens is 250 g/mol. The number of carbonyl (C=O) groups is 1. The molecule has 0 saturated carbocycles. The van der Waals surface area contributed by atoms with Gasteiger partial charge in [0.2, 0.25) is 5.91 Å². The van der Waals surface area contributed by atoms with Crippen molar-refractivity contribution in [2.75, 3.05) is 18.7 Å². The molecule has 1 rings (SSSR count). The second kappa shape index (κ2) is 4.53. The SMILES string of the molecule is CC(C)(C(=O)N1CCCC1CCl)S(C)(=O)=O. The van der Waals surface area contributed by atoms with Crippen molar-refractivity contribution in [2.45, 2.75) is 37.5 Å². The van der Waals surface area contributed by atoms with Gasteiger partial charge in [-0.2, -0.15) is 0 Å². The van der Waals surface area contributed by atoms with Gasteiger partial charge < -0.3 is 4.90 Å². The van der Waals surface area contributed by atoms with E-state index in [2.05, 4.69) is 0 Å². The number of amides is 1. The molecular formula is C10H18ClNO3S. The monoisotopic (exact) mass is 267 g/mol. The summed E-state index contributed by atoms with van der Waals surface area (Å²) in [6, 6.07) is -0.0183. The largest absolute Gasteiger partial charge is 0.337 e. The van der Waals surface area contributed by atoms with Gasteiger partial charge in [-0.15, -0.1) is 11.6 Å². The van der Waals surface area contributed by atoms with Crippen LogP contribution in [0.5, 0.6) is 0 Å². The van der Waals surface area contributed by atoms with Crippen LogP contribution < -0.4 is 0 Å². The van der Waals surface area contributed by atoms with E-state index in [0.717, 1.165) is 19.1 Å². The minimum atomic E-state index is -3.40. The lowest BCUT2D eigenvalue weighted by Crippen LogP contribution is -2.51. The van der Waals surface area contributed by atoms with Crippen molar-refractivity contribution < 1.29 is 13.2 Å². The number of alkyl halides is 1. The molecule has 16 heavy (non-hydrogen) atoms. The van der Waals surface area contributed by atoms with Crippen LogP contribution in [0.1, 0.15) is 26.7 Å². The van der Waals surface area contributed by atoms with Gasteiger partial charge in [0, 0.05) is 24.7 Å². The Labute approximate surface area is 102 Å². The van der Waals surface area contributed by atoms with Crippen molar-refractivity contribution in [1.82, 2.24) is 4.90 Å².